The minimum absolute atomic E-state index is 0.210. The number of rotatable bonds is 5. The van der Waals surface area contributed by atoms with Gasteiger partial charge < -0.3 is 14.6 Å². The highest BCUT2D eigenvalue weighted by atomic mass is 16.5. The summed E-state index contributed by atoms with van der Waals surface area (Å²) in [5.41, 5.74) is 0.594. The Bertz CT molecular complexity index is 722. The molecule has 0 aliphatic carbocycles. The third-order valence-corrected chi connectivity index (χ3v) is 3.08. The number of nitrogens with zero attached hydrogens (tertiary/aromatic N) is 1. The Morgan fingerprint density at radius 2 is 1.82 bits per heavy atom. The third kappa shape index (κ3) is 3.82. The van der Waals surface area contributed by atoms with Gasteiger partial charge in [0.05, 0.1) is 12.7 Å². The molecule has 0 saturated heterocycles. The van der Waals surface area contributed by atoms with Crippen molar-refractivity contribution in [3.05, 3.63) is 70.1 Å². The van der Waals surface area contributed by atoms with Crippen molar-refractivity contribution in [3.8, 4) is 0 Å². The molecule has 0 atom stereocenters. The van der Waals surface area contributed by atoms with Crippen LogP contribution in [0.25, 0.3) is 0 Å². The smallest absolute Gasteiger partial charge is 0.339 e. The van der Waals surface area contributed by atoms with Gasteiger partial charge in [-0.15, -0.1) is 0 Å². The summed E-state index contributed by atoms with van der Waals surface area (Å²) in [6, 6.07) is 11.5. The van der Waals surface area contributed by atoms with Crippen molar-refractivity contribution in [2.24, 2.45) is 0 Å². The van der Waals surface area contributed by atoms with E-state index in [1.807, 2.05) is 6.07 Å². The summed E-state index contributed by atoms with van der Waals surface area (Å²) in [7, 11) is 1.28. The first-order valence-corrected chi connectivity index (χ1v) is 6.74. The molecule has 114 valence electrons. The third-order valence-electron chi connectivity index (χ3n) is 3.08. The van der Waals surface area contributed by atoms with Gasteiger partial charge in [0.15, 0.2) is 0 Å². The first-order valence-electron chi connectivity index (χ1n) is 6.74. The second kappa shape index (κ2) is 7.21. The number of pyridine rings is 1. The van der Waals surface area contributed by atoms with Crippen LogP contribution in [0.3, 0.4) is 0 Å². The number of ether oxygens (including phenoxy) is 1. The first kappa shape index (κ1) is 15.5. The molecule has 22 heavy (non-hydrogen) atoms. The number of amides is 1. The lowest BCUT2D eigenvalue weighted by atomic mass is 10.2. The van der Waals surface area contributed by atoms with Gasteiger partial charge in [-0.1, -0.05) is 18.2 Å². The molecule has 0 fully saturated rings. The van der Waals surface area contributed by atoms with Crippen LogP contribution in [0.4, 0.5) is 0 Å². The van der Waals surface area contributed by atoms with Crippen LogP contribution in [0.15, 0.2) is 53.5 Å². The zero-order valence-electron chi connectivity index (χ0n) is 12.1. The molecule has 2 rings (SSSR count). The predicted molar refractivity (Wildman–Crippen MR) is 80.8 cm³/mol. The van der Waals surface area contributed by atoms with Crippen molar-refractivity contribution in [1.29, 1.82) is 0 Å². The zero-order valence-corrected chi connectivity index (χ0v) is 12.1. The average Bonchev–Trinajstić information content (AvgIpc) is 2.56. The molecule has 0 unspecified atom stereocenters. The van der Waals surface area contributed by atoms with Crippen LogP contribution in [0.1, 0.15) is 20.7 Å². The molecule has 0 aliphatic rings. The van der Waals surface area contributed by atoms with Gasteiger partial charge in [0.2, 0.25) is 0 Å². The highest BCUT2D eigenvalue weighted by Gasteiger charge is 2.08. The van der Waals surface area contributed by atoms with Crippen LogP contribution in [0.5, 0.6) is 0 Å². The Balaban J connectivity index is 1.98. The maximum atomic E-state index is 11.9. The molecule has 6 heteroatoms. The maximum Gasteiger partial charge on any atom is 0.339 e. The van der Waals surface area contributed by atoms with E-state index in [0.29, 0.717) is 5.56 Å². The first-order chi connectivity index (χ1) is 10.6. The van der Waals surface area contributed by atoms with Crippen molar-refractivity contribution < 1.29 is 14.3 Å². The largest absolute Gasteiger partial charge is 0.465 e. The van der Waals surface area contributed by atoms with Crippen molar-refractivity contribution in [2.45, 2.75) is 6.54 Å². The van der Waals surface area contributed by atoms with Gasteiger partial charge in [-0.25, -0.2) is 4.79 Å². The molecule has 1 heterocycles. The van der Waals surface area contributed by atoms with E-state index in [0.717, 1.165) is 0 Å². The van der Waals surface area contributed by atoms with Crippen LogP contribution >= 0.6 is 0 Å². The van der Waals surface area contributed by atoms with Gasteiger partial charge in [-0.3, -0.25) is 9.59 Å². The van der Waals surface area contributed by atoms with Crippen molar-refractivity contribution in [2.75, 3.05) is 13.7 Å². The lowest BCUT2D eigenvalue weighted by Crippen LogP contribution is -2.30. The number of esters is 1. The number of methoxy groups -OCH3 is 1. The summed E-state index contributed by atoms with van der Waals surface area (Å²) < 4.78 is 5.97. The van der Waals surface area contributed by atoms with Crippen LogP contribution in [0.2, 0.25) is 0 Å². The summed E-state index contributed by atoms with van der Waals surface area (Å²) in [4.78, 5) is 35.0. The second-order valence-corrected chi connectivity index (χ2v) is 4.56. The summed E-state index contributed by atoms with van der Waals surface area (Å²) in [5, 5.41) is 2.72. The molecular weight excluding hydrogens is 284 g/mol. The summed E-state index contributed by atoms with van der Waals surface area (Å²) in [6.45, 7) is 0.542. The predicted octanol–water partition coefficient (Wildman–Crippen LogP) is 1.06. The van der Waals surface area contributed by atoms with Gasteiger partial charge in [-0.2, -0.15) is 0 Å². The van der Waals surface area contributed by atoms with Gasteiger partial charge in [0.25, 0.3) is 11.5 Å². The monoisotopic (exact) mass is 300 g/mol. The molecule has 2 aromatic rings. The lowest BCUT2D eigenvalue weighted by Gasteiger charge is -2.09. The Morgan fingerprint density at radius 3 is 2.50 bits per heavy atom. The van der Waals surface area contributed by atoms with E-state index in [9.17, 15) is 14.4 Å². The summed E-state index contributed by atoms with van der Waals surface area (Å²) >= 11 is 0. The average molecular weight is 300 g/mol. The van der Waals surface area contributed by atoms with Crippen molar-refractivity contribution in [3.63, 3.8) is 0 Å². The fourth-order valence-corrected chi connectivity index (χ4v) is 1.93. The number of aromatic nitrogens is 1. The molecule has 0 aliphatic heterocycles. The van der Waals surface area contributed by atoms with E-state index < -0.39 is 5.97 Å². The number of nitrogens with one attached hydrogen (secondary N) is 1. The summed E-state index contributed by atoms with van der Waals surface area (Å²) in [5.74, 6) is -0.722. The molecule has 1 N–H and O–H groups in total. The number of carbonyl (C=O) groups is 2. The molecular formula is C16H16N2O4. The van der Waals surface area contributed by atoms with E-state index in [1.54, 1.807) is 24.3 Å². The highest BCUT2D eigenvalue weighted by molar-refractivity contribution is 5.94. The topological polar surface area (TPSA) is 77.4 Å². The van der Waals surface area contributed by atoms with E-state index in [4.69, 9.17) is 0 Å². The quantitative estimate of drug-likeness (QED) is 0.838. The molecule has 0 spiro atoms. The van der Waals surface area contributed by atoms with E-state index in [1.165, 1.54) is 30.0 Å². The number of benzene rings is 1. The Morgan fingerprint density at radius 1 is 1.09 bits per heavy atom. The Kier molecular flexibility index (Phi) is 5.08. The summed E-state index contributed by atoms with van der Waals surface area (Å²) in [6.07, 6.45) is 1.42. The molecule has 0 bridgehead atoms. The van der Waals surface area contributed by atoms with Gasteiger partial charge in [0, 0.05) is 30.9 Å². The maximum absolute atomic E-state index is 11.9. The zero-order chi connectivity index (χ0) is 15.9. The number of hydrogen-bond donors (Lipinski definition) is 1. The minimum Gasteiger partial charge on any atom is -0.465 e. The molecule has 1 aromatic heterocycles. The lowest BCUT2D eigenvalue weighted by molar-refractivity contribution is 0.0599. The van der Waals surface area contributed by atoms with Gasteiger partial charge in [0.1, 0.15) is 0 Å². The van der Waals surface area contributed by atoms with Crippen LogP contribution < -0.4 is 10.9 Å². The molecule has 0 saturated carbocycles. The molecule has 1 amide bonds. The van der Waals surface area contributed by atoms with Gasteiger partial charge in [-0.05, 0) is 18.2 Å². The van der Waals surface area contributed by atoms with Crippen molar-refractivity contribution in [1.82, 2.24) is 9.88 Å². The standard InChI is InChI=1S/C16H16N2O4/c1-22-16(21)13-7-8-14(19)18(11-13)10-9-17-15(20)12-5-3-2-4-6-12/h2-8,11H,9-10H2,1H3,(H,17,20). The van der Waals surface area contributed by atoms with Crippen molar-refractivity contribution >= 4 is 11.9 Å². The normalized spacial score (nSPS) is 10.0. The van der Waals surface area contributed by atoms with Gasteiger partial charge >= 0.3 is 5.97 Å². The van der Waals surface area contributed by atoms with E-state index >= 15 is 0 Å². The fraction of sp³-hybridized carbons (Fsp3) is 0.188. The minimum atomic E-state index is -0.512. The Hall–Kier alpha value is -2.89. The van der Waals surface area contributed by atoms with Crippen LogP contribution in [0, 0.1) is 0 Å². The Labute approximate surface area is 127 Å². The number of carbonyl (C=O) groups excluding carboxylic acids is 2. The molecule has 0 radical (unpaired) electrons. The van der Waals surface area contributed by atoms with E-state index in [2.05, 4.69) is 10.1 Å². The van der Waals surface area contributed by atoms with Crippen LogP contribution in [-0.4, -0.2) is 30.1 Å². The molecule has 6 nitrogen and oxygen atoms in total. The van der Waals surface area contributed by atoms with Crippen LogP contribution in [-0.2, 0) is 11.3 Å². The van der Waals surface area contributed by atoms with E-state index in [-0.39, 0.29) is 30.1 Å². The molecule has 1 aromatic carbocycles. The second-order valence-electron chi connectivity index (χ2n) is 4.56. The SMILES string of the molecule is COC(=O)c1ccc(=O)n(CCNC(=O)c2ccccc2)c1. The fourth-order valence-electron chi connectivity index (χ4n) is 1.93. The highest BCUT2D eigenvalue weighted by Crippen LogP contribution is 1.99. The number of hydrogen-bond acceptors (Lipinski definition) is 4.